The molecule has 1 fully saturated rings. The van der Waals surface area contributed by atoms with Gasteiger partial charge in [0.05, 0.1) is 6.04 Å². The van der Waals surface area contributed by atoms with Crippen molar-refractivity contribution in [3.8, 4) is 11.4 Å². The number of piperidine rings is 1. The first-order valence-electron chi connectivity index (χ1n) is 8.90. The van der Waals surface area contributed by atoms with Crippen LogP contribution in [0.25, 0.3) is 17.0 Å². The molecule has 1 aliphatic heterocycles. The minimum absolute atomic E-state index is 0.472. The summed E-state index contributed by atoms with van der Waals surface area (Å²) in [5.74, 6) is 1.74. The average Bonchev–Trinajstić information content (AvgIpc) is 3.38. The molecule has 0 unspecified atom stereocenters. The van der Waals surface area contributed by atoms with Crippen LogP contribution in [0.1, 0.15) is 18.9 Å². The molecule has 0 amide bonds. The van der Waals surface area contributed by atoms with Crippen LogP contribution >= 0.6 is 0 Å². The number of anilines is 1. The highest BCUT2D eigenvalue weighted by molar-refractivity contribution is 5.59. The molecule has 3 aromatic heterocycles. The molecule has 1 aromatic carbocycles. The molecule has 0 radical (unpaired) electrons. The van der Waals surface area contributed by atoms with Gasteiger partial charge in [-0.2, -0.15) is 9.61 Å². The van der Waals surface area contributed by atoms with E-state index in [1.807, 2.05) is 65.4 Å². The van der Waals surface area contributed by atoms with E-state index >= 15 is 0 Å². The van der Waals surface area contributed by atoms with Crippen LogP contribution in [0.3, 0.4) is 0 Å². The highest BCUT2D eigenvalue weighted by Gasteiger charge is 2.22. The molecule has 4 heterocycles. The molecular weight excluding hydrogens is 326 g/mol. The molecule has 5 rings (SSSR count). The summed E-state index contributed by atoms with van der Waals surface area (Å²) in [6, 6.07) is 16.5. The smallest absolute Gasteiger partial charge is 0.185 e. The van der Waals surface area contributed by atoms with Crippen molar-refractivity contribution in [3.63, 3.8) is 0 Å². The Morgan fingerprint density at radius 1 is 0.885 bits per heavy atom. The highest BCUT2D eigenvalue weighted by Crippen LogP contribution is 2.25. The molecule has 26 heavy (non-hydrogen) atoms. The third-order valence-electron chi connectivity index (χ3n) is 4.97. The molecule has 1 saturated heterocycles. The van der Waals surface area contributed by atoms with Crippen LogP contribution in [0, 0.1) is 0 Å². The Kier molecular flexibility index (Phi) is 3.62. The SMILES string of the molecule is c1ccc(-c2nnc3ccc(N4CCC(n5cccn5)CC4)nn23)cc1. The Bertz CT molecular complexity index is 999. The second kappa shape index (κ2) is 6.25. The topological polar surface area (TPSA) is 64.1 Å². The monoisotopic (exact) mass is 345 g/mol. The van der Waals surface area contributed by atoms with E-state index in [1.54, 1.807) is 0 Å². The van der Waals surface area contributed by atoms with Crippen molar-refractivity contribution in [3.05, 3.63) is 60.9 Å². The standard InChI is InChI=1S/C19H19N7/c1-2-5-15(6-3-1)19-22-21-17-7-8-18(23-26(17)19)24-13-9-16(10-14-24)25-12-4-11-20-25/h1-8,11-12,16H,9-10,13-14H2. The van der Waals surface area contributed by atoms with E-state index < -0.39 is 0 Å². The molecule has 0 N–H and O–H groups in total. The molecule has 0 bridgehead atoms. The van der Waals surface area contributed by atoms with Crippen molar-refractivity contribution in [2.24, 2.45) is 0 Å². The Balaban J connectivity index is 1.42. The lowest BCUT2D eigenvalue weighted by atomic mass is 10.1. The Morgan fingerprint density at radius 2 is 1.73 bits per heavy atom. The van der Waals surface area contributed by atoms with Gasteiger partial charge in [-0.25, -0.2) is 0 Å². The third-order valence-corrected chi connectivity index (χ3v) is 4.97. The lowest BCUT2D eigenvalue weighted by Gasteiger charge is -2.32. The average molecular weight is 345 g/mol. The fourth-order valence-corrected chi connectivity index (χ4v) is 3.57. The van der Waals surface area contributed by atoms with Gasteiger partial charge in [-0.05, 0) is 31.0 Å². The van der Waals surface area contributed by atoms with Gasteiger partial charge in [0.2, 0.25) is 0 Å². The summed E-state index contributed by atoms with van der Waals surface area (Å²) >= 11 is 0. The first-order valence-corrected chi connectivity index (χ1v) is 8.90. The molecule has 0 aliphatic carbocycles. The predicted molar refractivity (Wildman–Crippen MR) is 98.9 cm³/mol. The van der Waals surface area contributed by atoms with Crippen LogP contribution < -0.4 is 4.90 Å². The summed E-state index contributed by atoms with van der Waals surface area (Å²) in [5, 5.41) is 17.8. The molecule has 4 aromatic rings. The van der Waals surface area contributed by atoms with E-state index in [4.69, 9.17) is 5.10 Å². The minimum atomic E-state index is 0.472. The summed E-state index contributed by atoms with van der Waals surface area (Å²) in [4.78, 5) is 2.33. The van der Waals surface area contributed by atoms with Gasteiger partial charge in [-0.15, -0.1) is 15.3 Å². The van der Waals surface area contributed by atoms with E-state index in [-0.39, 0.29) is 0 Å². The largest absolute Gasteiger partial charge is 0.355 e. The van der Waals surface area contributed by atoms with Crippen molar-refractivity contribution >= 4 is 11.5 Å². The number of hydrogen-bond acceptors (Lipinski definition) is 5. The minimum Gasteiger partial charge on any atom is -0.355 e. The van der Waals surface area contributed by atoms with E-state index in [0.29, 0.717) is 6.04 Å². The summed E-state index contributed by atoms with van der Waals surface area (Å²) in [7, 11) is 0. The van der Waals surface area contributed by atoms with E-state index in [2.05, 4.69) is 24.9 Å². The van der Waals surface area contributed by atoms with Crippen molar-refractivity contribution in [2.45, 2.75) is 18.9 Å². The van der Waals surface area contributed by atoms with E-state index in [1.165, 1.54) is 0 Å². The molecular formula is C19H19N7. The maximum absolute atomic E-state index is 4.82. The Labute approximate surface area is 150 Å². The molecule has 7 heteroatoms. The van der Waals surface area contributed by atoms with Gasteiger partial charge in [0.25, 0.3) is 0 Å². The maximum Gasteiger partial charge on any atom is 0.185 e. The van der Waals surface area contributed by atoms with Crippen LogP contribution in [0.15, 0.2) is 60.9 Å². The van der Waals surface area contributed by atoms with Crippen molar-refractivity contribution in [1.29, 1.82) is 0 Å². The fraction of sp³-hybridized carbons (Fsp3) is 0.263. The molecule has 0 atom stereocenters. The van der Waals surface area contributed by atoms with E-state index in [9.17, 15) is 0 Å². The van der Waals surface area contributed by atoms with Crippen LogP contribution in [0.4, 0.5) is 5.82 Å². The van der Waals surface area contributed by atoms with Gasteiger partial charge in [-0.1, -0.05) is 30.3 Å². The number of rotatable bonds is 3. The first-order chi connectivity index (χ1) is 12.9. The van der Waals surface area contributed by atoms with Crippen LogP contribution in [-0.2, 0) is 0 Å². The zero-order valence-electron chi connectivity index (χ0n) is 14.3. The molecule has 7 nitrogen and oxygen atoms in total. The van der Waals surface area contributed by atoms with Gasteiger partial charge >= 0.3 is 0 Å². The summed E-state index contributed by atoms with van der Waals surface area (Å²) < 4.78 is 3.91. The lowest BCUT2D eigenvalue weighted by Crippen LogP contribution is -2.35. The van der Waals surface area contributed by atoms with Crippen LogP contribution in [-0.4, -0.2) is 42.7 Å². The molecule has 0 spiro atoms. The third kappa shape index (κ3) is 2.61. The van der Waals surface area contributed by atoms with Crippen molar-refractivity contribution < 1.29 is 0 Å². The van der Waals surface area contributed by atoms with Gasteiger partial charge in [0.15, 0.2) is 11.5 Å². The lowest BCUT2D eigenvalue weighted by molar-refractivity contribution is 0.365. The number of aromatic nitrogens is 6. The normalized spacial score (nSPS) is 15.6. The zero-order valence-corrected chi connectivity index (χ0v) is 14.3. The molecule has 1 aliphatic rings. The quantitative estimate of drug-likeness (QED) is 0.571. The fourth-order valence-electron chi connectivity index (χ4n) is 3.57. The van der Waals surface area contributed by atoms with Gasteiger partial charge < -0.3 is 4.90 Å². The van der Waals surface area contributed by atoms with E-state index in [0.717, 1.165) is 48.8 Å². The Morgan fingerprint density at radius 3 is 2.50 bits per heavy atom. The summed E-state index contributed by atoms with van der Waals surface area (Å²) in [6.45, 7) is 1.93. The second-order valence-electron chi connectivity index (χ2n) is 6.56. The van der Waals surface area contributed by atoms with Crippen molar-refractivity contribution in [1.82, 2.24) is 29.6 Å². The summed E-state index contributed by atoms with van der Waals surface area (Å²) in [6.07, 6.45) is 6.02. The predicted octanol–water partition coefficient (Wildman–Crippen LogP) is 2.83. The maximum atomic E-state index is 4.82. The number of nitrogens with zero attached hydrogens (tertiary/aromatic N) is 7. The number of hydrogen-bond donors (Lipinski definition) is 0. The second-order valence-corrected chi connectivity index (χ2v) is 6.56. The van der Waals surface area contributed by atoms with Gasteiger partial charge in [-0.3, -0.25) is 4.68 Å². The molecule has 0 saturated carbocycles. The molecule has 130 valence electrons. The zero-order chi connectivity index (χ0) is 17.3. The Hall–Kier alpha value is -3.22. The highest BCUT2D eigenvalue weighted by atomic mass is 15.4. The number of fused-ring (bicyclic) bond motifs is 1. The van der Waals surface area contributed by atoms with Crippen molar-refractivity contribution in [2.75, 3.05) is 18.0 Å². The number of benzene rings is 1. The van der Waals surface area contributed by atoms with Crippen LogP contribution in [0.5, 0.6) is 0 Å². The van der Waals surface area contributed by atoms with Gasteiger partial charge in [0, 0.05) is 31.0 Å². The summed E-state index contributed by atoms with van der Waals surface area (Å²) in [5.41, 5.74) is 1.78. The first kappa shape index (κ1) is 15.1. The van der Waals surface area contributed by atoms with Crippen LogP contribution in [0.2, 0.25) is 0 Å². The van der Waals surface area contributed by atoms with Gasteiger partial charge in [0.1, 0.15) is 5.82 Å².